The van der Waals surface area contributed by atoms with Crippen LogP contribution in [0.2, 0.25) is 0 Å². The van der Waals surface area contributed by atoms with Crippen LogP contribution in [0.5, 0.6) is 5.75 Å². The summed E-state index contributed by atoms with van der Waals surface area (Å²) in [5, 5.41) is 37.1. The van der Waals surface area contributed by atoms with Crippen LogP contribution in [0.4, 0.5) is 0 Å². The molecule has 55 heavy (non-hydrogen) atoms. The second kappa shape index (κ2) is 24.4. The molecule has 0 saturated carbocycles. The Kier molecular flexibility index (Phi) is 20.0. The molecule has 1 fully saturated rings. The van der Waals surface area contributed by atoms with Crippen LogP contribution in [0.25, 0.3) is 0 Å². The summed E-state index contributed by atoms with van der Waals surface area (Å²) in [5.74, 6) is -6.31. The van der Waals surface area contributed by atoms with E-state index in [0.29, 0.717) is 31.4 Å². The number of benzene rings is 1. The SMILES string of the molecule is CCCNC(=O)CCCC(=O)NCCCC[C@H]1NC(=O)[C@@H](CCCN=C(N)N)NC(=O)CNC(=O)[C@@H](CC(=O)O)NC(=O)[C@H](Cc2ccc(O)cc2)NC1=O. The highest BCUT2D eigenvalue weighted by Crippen LogP contribution is 2.13. The highest BCUT2D eigenvalue weighted by Gasteiger charge is 2.33. The molecule has 0 radical (unpaired) electrons. The van der Waals surface area contributed by atoms with Crippen molar-refractivity contribution in [1.29, 1.82) is 0 Å². The van der Waals surface area contributed by atoms with Crippen molar-refractivity contribution in [2.75, 3.05) is 26.2 Å². The molecule has 0 unspecified atom stereocenters. The minimum Gasteiger partial charge on any atom is -0.508 e. The number of aliphatic carboxylic acids is 1. The molecule has 1 aromatic rings. The summed E-state index contributed by atoms with van der Waals surface area (Å²) in [4.78, 5) is 107. The first-order valence-electron chi connectivity index (χ1n) is 18.2. The molecule has 4 atom stereocenters. The van der Waals surface area contributed by atoms with Crippen LogP contribution in [-0.4, -0.2) is 114 Å². The number of nitrogens with one attached hydrogen (secondary N) is 7. The van der Waals surface area contributed by atoms with Crippen molar-refractivity contribution in [1.82, 2.24) is 37.2 Å². The summed E-state index contributed by atoms with van der Waals surface area (Å²) in [6.07, 6.45) is 1.55. The maximum absolute atomic E-state index is 13.9. The zero-order valence-corrected chi connectivity index (χ0v) is 31.0. The monoisotopic (exact) mass is 774 g/mol. The summed E-state index contributed by atoms with van der Waals surface area (Å²) < 4.78 is 0. The number of nitrogens with zero attached hydrogens (tertiary/aromatic N) is 1. The van der Waals surface area contributed by atoms with E-state index >= 15 is 0 Å². The number of phenols is 1. The van der Waals surface area contributed by atoms with Gasteiger partial charge in [0.05, 0.1) is 13.0 Å². The quantitative estimate of drug-likeness (QED) is 0.0395. The predicted octanol–water partition coefficient (Wildman–Crippen LogP) is -2.49. The van der Waals surface area contributed by atoms with Gasteiger partial charge in [-0.2, -0.15) is 0 Å². The van der Waals surface area contributed by atoms with E-state index in [1.807, 2.05) is 6.92 Å². The minimum atomic E-state index is -1.64. The van der Waals surface area contributed by atoms with E-state index < -0.39 is 72.6 Å². The molecule has 1 aliphatic heterocycles. The molecule has 13 N–H and O–H groups in total. The van der Waals surface area contributed by atoms with Crippen LogP contribution in [-0.2, 0) is 44.8 Å². The average molecular weight is 775 g/mol. The Morgan fingerprint density at radius 3 is 1.93 bits per heavy atom. The lowest BCUT2D eigenvalue weighted by molar-refractivity contribution is -0.141. The van der Waals surface area contributed by atoms with Gasteiger partial charge in [-0.25, -0.2) is 0 Å². The lowest BCUT2D eigenvalue weighted by atomic mass is 10.0. The van der Waals surface area contributed by atoms with E-state index in [2.05, 4.69) is 42.2 Å². The molecule has 2 rings (SSSR count). The number of aromatic hydroxyl groups is 1. The van der Waals surface area contributed by atoms with E-state index in [1.165, 1.54) is 24.3 Å². The first-order chi connectivity index (χ1) is 26.2. The van der Waals surface area contributed by atoms with E-state index in [-0.39, 0.29) is 75.1 Å². The molecule has 1 saturated heterocycles. The van der Waals surface area contributed by atoms with Gasteiger partial charge in [0.2, 0.25) is 41.4 Å². The van der Waals surface area contributed by atoms with E-state index in [4.69, 9.17) is 11.5 Å². The molecule has 20 nitrogen and oxygen atoms in total. The van der Waals surface area contributed by atoms with Gasteiger partial charge in [0.1, 0.15) is 29.9 Å². The largest absolute Gasteiger partial charge is 0.508 e. The number of rotatable bonds is 19. The van der Waals surface area contributed by atoms with Gasteiger partial charge in [-0.3, -0.25) is 43.3 Å². The van der Waals surface area contributed by atoms with E-state index in [0.717, 1.165) is 6.42 Å². The Balaban J connectivity index is 2.31. The van der Waals surface area contributed by atoms with Crippen LogP contribution in [0.3, 0.4) is 0 Å². The number of guanidine groups is 1. The van der Waals surface area contributed by atoms with Crippen LogP contribution in [0.1, 0.15) is 76.7 Å². The van der Waals surface area contributed by atoms with Gasteiger partial charge in [0.15, 0.2) is 5.96 Å². The first-order valence-corrected chi connectivity index (χ1v) is 18.2. The Morgan fingerprint density at radius 2 is 1.31 bits per heavy atom. The number of carboxylic acids is 1. The summed E-state index contributed by atoms with van der Waals surface area (Å²) >= 11 is 0. The molecule has 304 valence electrons. The average Bonchev–Trinajstić information content (AvgIpc) is 3.13. The number of carboxylic acid groups (broad SMARTS) is 1. The molecular weight excluding hydrogens is 720 g/mol. The number of aliphatic imine (C=N–C) groups is 1. The highest BCUT2D eigenvalue weighted by atomic mass is 16.4. The van der Waals surface area contributed by atoms with Gasteiger partial charge in [0.25, 0.3) is 0 Å². The molecule has 0 spiro atoms. The van der Waals surface area contributed by atoms with Crippen LogP contribution < -0.4 is 48.7 Å². The third kappa shape index (κ3) is 18.6. The molecular formula is C35H54N10O10. The number of phenolic OH excluding ortho intramolecular Hbond substituents is 1. The summed E-state index contributed by atoms with van der Waals surface area (Å²) in [6.45, 7) is 2.19. The van der Waals surface area contributed by atoms with Gasteiger partial charge >= 0.3 is 5.97 Å². The van der Waals surface area contributed by atoms with Crippen LogP contribution in [0, 0.1) is 0 Å². The molecule has 20 heteroatoms. The molecule has 0 aliphatic carbocycles. The second-order valence-electron chi connectivity index (χ2n) is 13.0. The molecule has 1 heterocycles. The third-order valence-corrected chi connectivity index (χ3v) is 8.30. The highest BCUT2D eigenvalue weighted by molar-refractivity contribution is 5.98. The van der Waals surface area contributed by atoms with Crippen molar-refractivity contribution in [3.05, 3.63) is 29.8 Å². The van der Waals surface area contributed by atoms with Gasteiger partial charge in [0, 0.05) is 38.9 Å². The number of carbonyl (C=O) groups is 8. The molecule has 0 aromatic heterocycles. The van der Waals surface area contributed by atoms with Crippen molar-refractivity contribution in [2.24, 2.45) is 16.5 Å². The Labute approximate surface area is 318 Å². The fourth-order valence-corrected chi connectivity index (χ4v) is 5.41. The zero-order chi connectivity index (χ0) is 40.8. The topological polar surface area (TPSA) is 326 Å². The lowest BCUT2D eigenvalue weighted by Gasteiger charge is -2.26. The Hall–Kier alpha value is -5.95. The predicted molar refractivity (Wildman–Crippen MR) is 199 cm³/mol. The lowest BCUT2D eigenvalue weighted by Crippen LogP contribution is -2.58. The van der Waals surface area contributed by atoms with Crippen molar-refractivity contribution >= 4 is 53.3 Å². The van der Waals surface area contributed by atoms with Crippen molar-refractivity contribution in [3.8, 4) is 5.75 Å². The van der Waals surface area contributed by atoms with Crippen molar-refractivity contribution < 1.29 is 48.6 Å². The molecule has 1 aliphatic rings. The van der Waals surface area contributed by atoms with Crippen LogP contribution in [0.15, 0.2) is 29.3 Å². The van der Waals surface area contributed by atoms with E-state index in [9.17, 15) is 48.6 Å². The maximum Gasteiger partial charge on any atom is 0.305 e. The van der Waals surface area contributed by atoms with Gasteiger partial charge in [-0.1, -0.05) is 19.1 Å². The van der Waals surface area contributed by atoms with Gasteiger partial charge in [-0.05, 0) is 62.6 Å². The fourth-order valence-electron chi connectivity index (χ4n) is 5.41. The fraction of sp³-hybridized carbons (Fsp3) is 0.571. The smallest absolute Gasteiger partial charge is 0.305 e. The zero-order valence-electron chi connectivity index (χ0n) is 31.0. The van der Waals surface area contributed by atoms with E-state index in [1.54, 1.807) is 0 Å². The maximum atomic E-state index is 13.9. The standard InChI is InChI=1S/C35H54N10O10/c1-2-15-38-27(47)9-5-10-28(48)39-16-4-3-7-24-33(54)44-25(18-21-11-13-22(46)14-12-21)34(55)45-26(19-30(50)51)31(52)41-20-29(49)42-23(32(53)43-24)8-6-17-40-35(36)37/h11-14,23-26,46H,2-10,15-20H2,1H3,(H,38,47)(H,39,48)(H,41,52)(H,42,49)(H,43,53)(H,44,54)(H,45,55)(H,50,51)(H4,36,37,40)/t23-,24-,25+,26-/m1/s1. The molecule has 1 aromatic carbocycles. The molecule has 0 bridgehead atoms. The number of hydrogen-bond acceptors (Lipinski definition) is 10. The summed E-state index contributed by atoms with van der Waals surface area (Å²) in [6, 6.07) is 0.250. The van der Waals surface area contributed by atoms with Gasteiger partial charge in [-0.15, -0.1) is 0 Å². The Bertz CT molecular complexity index is 1520. The minimum absolute atomic E-state index is 0.0219. The van der Waals surface area contributed by atoms with Gasteiger partial charge < -0.3 is 58.9 Å². The summed E-state index contributed by atoms with van der Waals surface area (Å²) in [7, 11) is 0. The number of hydrogen-bond donors (Lipinski definition) is 11. The van der Waals surface area contributed by atoms with Crippen molar-refractivity contribution in [3.63, 3.8) is 0 Å². The number of amides is 7. The molecule has 7 amide bonds. The van der Waals surface area contributed by atoms with Crippen LogP contribution >= 0.6 is 0 Å². The Morgan fingerprint density at radius 1 is 0.745 bits per heavy atom. The number of carbonyl (C=O) groups excluding carboxylic acids is 7. The summed E-state index contributed by atoms with van der Waals surface area (Å²) in [5.41, 5.74) is 11.3. The normalized spacial score (nSPS) is 19.5. The number of unbranched alkanes of at least 4 members (excludes halogenated alkanes) is 1. The third-order valence-electron chi connectivity index (χ3n) is 8.30. The second-order valence-corrected chi connectivity index (χ2v) is 13.0. The number of nitrogens with two attached hydrogens (primary N) is 2. The first kappa shape index (κ1) is 45.2. The van der Waals surface area contributed by atoms with Crippen molar-refractivity contribution in [2.45, 2.75) is 102 Å².